The fourth-order valence-corrected chi connectivity index (χ4v) is 4.75. The number of amides is 1. The molecule has 1 amide bonds. The lowest BCUT2D eigenvalue weighted by Gasteiger charge is -2.11. The molecule has 1 aromatic carbocycles. The van der Waals surface area contributed by atoms with E-state index in [4.69, 9.17) is 0 Å². The second kappa shape index (κ2) is 9.47. The maximum atomic E-state index is 14.3. The van der Waals surface area contributed by atoms with Crippen molar-refractivity contribution < 1.29 is 17.6 Å². The Morgan fingerprint density at radius 1 is 1.21 bits per heavy atom. The van der Waals surface area contributed by atoms with Crippen molar-refractivity contribution in [2.24, 2.45) is 0 Å². The maximum absolute atomic E-state index is 14.3. The number of sulfone groups is 1. The highest BCUT2D eigenvalue weighted by molar-refractivity contribution is 7.92. The third kappa shape index (κ3) is 5.62. The van der Waals surface area contributed by atoms with E-state index < -0.39 is 27.3 Å². The fourth-order valence-electron chi connectivity index (χ4n) is 3.49. The lowest BCUT2D eigenvalue weighted by Crippen LogP contribution is -2.25. The standard InChI is InChI=1S/C20H27FN4O3S/c1-2-3-7-12-29(27,28)14-19(26)22-17-13-15(9-10-16(17)21)20-24-23-18-8-5-4-6-11-25(18)20/h9-10,13H,2-8,11-12,14H2,1H3,(H,22,26). The number of aromatic nitrogens is 3. The topological polar surface area (TPSA) is 93.9 Å². The number of hydrogen-bond donors (Lipinski definition) is 1. The van der Waals surface area contributed by atoms with Crippen LogP contribution in [-0.2, 0) is 27.6 Å². The van der Waals surface area contributed by atoms with Crippen molar-refractivity contribution in [1.29, 1.82) is 0 Å². The molecule has 0 saturated carbocycles. The molecular weight excluding hydrogens is 395 g/mol. The van der Waals surface area contributed by atoms with Gasteiger partial charge in [0.1, 0.15) is 17.4 Å². The van der Waals surface area contributed by atoms with E-state index in [9.17, 15) is 17.6 Å². The predicted octanol–water partition coefficient (Wildman–Crippen LogP) is 3.35. The summed E-state index contributed by atoms with van der Waals surface area (Å²) in [5.41, 5.74) is 0.579. The van der Waals surface area contributed by atoms with Crippen LogP contribution in [0, 0.1) is 5.82 Å². The monoisotopic (exact) mass is 422 g/mol. The predicted molar refractivity (Wildman–Crippen MR) is 110 cm³/mol. The van der Waals surface area contributed by atoms with Gasteiger partial charge in [-0.25, -0.2) is 12.8 Å². The maximum Gasteiger partial charge on any atom is 0.239 e. The van der Waals surface area contributed by atoms with Crippen molar-refractivity contribution in [1.82, 2.24) is 14.8 Å². The zero-order chi connectivity index (χ0) is 20.9. The first-order chi connectivity index (χ1) is 13.9. The van der Waals surface area contributed by atoms with Gasteiger partial charge in [-0.15, -0.1) is 10.2 Å². The quantitative estimate of drug-likeness (QED) is 0.659. The number of carbonyl (C=O) groups is 1. The van der Waals surface area contributed by atoms with E-state index in [0.29, 0.717) is 17.8 Å². The highest BCUT2D eigenvalue weighted by Crippen LogP contribution is 2.26. The first-order valence-electron chi connectivity index (χ1n) is 10.1. The number of rotatable bonds is 8. The third-order valence-electron chi connectivity index (χ3n) is 5.02. The zero-order valence-electron chi connectivity index (χ0n) is 16.7. The number of unbranched alkanes of at least 4 members (excludes halogenated alkanes) is 2. The average molecular weight is 423 g/mol. The minimum absolute atomic E-state index is 0.0390. The van der Waals surface area contributed by atoms with Gasteiger partial charge in [0.05, 0.1) is 11.4 Å². The zero-order valence-corrected chi connectivity index (χ0v) is 17.5. The van der Waals surface area contributed by atoms with Crippen molar-refractivity contribution >= 4 is 21.4 Å². The van der Waals surface area contributed by atoms with Gasteiger partial charge in [0, 0.05) is 18.5 Å². The molecule has 7 nitrogen and oxygen atoms in total. The number of anilines is 1. The Morgan fingerprint density at radius 3 is 2.83 bits per heavy atom. The average Bonchev–Trinajstić information content (AvgIpc) is 2.91. The number of fused-ring (bicyclic) bond motifs is 1. The molecule has 1 aromatic heterocycles. The Morgan fingerprint density at radius 2 is 2.03 bits per heavy atom. The first kappa shape index (κ1) is 21.4. The minimum Gasteiger partial charge on any atom is -0.323 e. The molecule has 2 heterocycles. The van der Waals surface area contributed by atoms with E-state index in [-0.39, 0.29) is 11.4 Å². The molecule has 1 aliphatic heterocycles. The van der Waals surface area contributed by atoms with E-state index in [2.05, 4.69) is 15.5 Å². The second-order valence-electron chi connectivity index (χ2n) is 7.44. The van der Waals surface area contributed by atoms with Gasteiger partial charge in [-0.05, 0) is 37.5 Å². The van der Waals surface area contributed by atoms with Crippen molar-refractivity contribution in [2.75, 3.05) is 16.8 Å². The number of nitrogens with one attached hydrogen (secondary N) is 1. The Balaban J connectivity index is 1.75. The summed E-state index contributed by atoms with van der Waals surface area (Å²) in [5.74, 6) is -0.516. The molecule has 0 spiro atoms. The SMILES string of the molecule is CCCCCS(=O)(=O)CC(=O)Nc1cc(-c2nnc3n2CCCCC3)ccc1F. The summed E-state index contributed by atoms with van der Waals surface area (Å²) < 4.78 is 40.4. The summed E-state index contributed by atoms with van der Waals surface area (Å²) in [6.07, 6.45) is 6.28. The smallest absolute Gasteiger partial charge is 0.239 e. The molecule has 0 aliphatic carbocycles. The van der Waals surface area contributed by atoms with Crippen molar-refractivity contribution in [2.45, 2.75) is 58.4 Å². The molecule has 158 valence electrons. The van der Waals surface area contributed by atoms with E-state index in [1.165, 1.54) is 12.1 Å². The molecule has 0 fully saturated rings. The molecule has 3 rings (SSSR count). The Bertz CT molecular complexity index is 972. The van der Waals surface area contributed by atoms with Crippen LogP contribution in [0.1, 0.15) is 51.3 Å². The fraction of sp³-hybridized carbons (Fsp3) is 0.550. The van der Waals surface area contributed by atoms with Crippen LogP contribution in [0.15, 0.2) is 18.2 Å². The van der Waals surface area contributed by atoms with E-state index in [1.807, 2.05) is 11.5 Å². The highest BCUT2D eigenvalue weighted by atomic mass is 32.2. The van der Waals surface area contributed by atoms with Crippen LogP contribution in [0.25, 0.3) is 11.4 Å². The van der Waals surface area contributed by atoms with Crippen LogP contribution in [0.2, 0.25) is 0 Å². The molecule has 9 heteroatoms. The molecule has 1 N–H and O–H groups in total. The van der Waals surface area contributed by atoms with Crippen LogP contribution in [-0.4, -0.2) is 40.6 Å². The summed E-state index contributed by atoms with van der Waals surface area (Å²) in [5, 5.41) is 10.9. The van der Waals surface area contributed by atoms with Crippen LogP contribution in [0.3, 0.4) is 0 Å². The van der Waals surface area contributed by atoms with E-state index >= 15 is 0 Å². The molecule has 2 aromatic rings. The largest absolute Gasteiger partial charge is 0.323 e. The molecule has 0 unspecified atom stereocenters. The van der Waals surface area contributed by atoms with Gasteiger partial charge in [0.25, 0.3) is 0 Å². The van der Waals surface area contributed by atoms with Crippen molar-refractivity contribution in [3.8, 4) is 11.4 Å². The molecule has 0 saturated heterocycles. The molecule has 1 aliphatic rings. The lowest BCUT2D eigenvalue weighted by molar-refractivity contribution is -0.113. The van der Waals surface area contributed by atoms with Crippen LogP contribution >= 0.6 is 0 Å². The summed E-state index contributed by atoms with van der Waals surface area (Å²) >= 11 is 0. The van der Waals surface area contributed by atoms with Gasteiger partial charge < -0.3 is 9.88 Å². The highest BCUT2D eigenvalue weighted by Gasteiger charge is 2.20. The number of nitrogens with zero attached hydrogens (tertiary/aromatic N) is 3. The first-order valence-corrected chi connectivity index (χ1v) is 11.9. The number of hydrogen-bond acceptors (Lipinski definition) is 5. The van der Waals surface area contributed by atoms with Gasteiger partial charge in [-0.3, -0.25) is 4.79 Å². The third-order valence-corrected chi connectivity index (χ3v) is 6.63. The molecule has 29 heavy (non-hydrogen) atoms. The molecule has 0 radical (unpaired) electrons. The summed E-state index contributed by atoms with van der Waals surface area (Å²) in [6.45, 7) is 2.77. The van der Waals surface area contributed by atoms with Gasteiger partial charge in [-0.1, -0.05) is 26.2 Å². The van der Waals surface area contributed by atoms with Gasteiger partial charge in [-0.2, -0.15) is 0 Å². The van der Waals surface area contributed by atoms with E-state index in [1.54, 1.807) is 6.07 Å². The Hall–Kier alpha value is -2.29. The van der Waals surface area contributed by atoms with E-state index in [0.717, 1.165) is 50.9 Å². The normalized spacial score (nSPS) is 14.3. The van der Waals surface area contributed by atoms with Crippen LogP contribution in [0.4, 0.5) is 10.1 Å². The van der Waals surface area contributed by atoms with Crippen LogP contribution in [0.5, 0.6) is 0 Å². The van der Waals surface area contributed by atoms with Gasteiger partial charge in [0.15, 0.2) is 15.7 Å². The number of aryl methyl sites for hydroxylation is 1. The molecule has 0 atom stereocenters. The minimum atomic E-state index is -3.52. The second-order valence-corrected chi connectivity index (χ2v) is 9.63. The number of halogens is 1. The Labute approximate surface area is 170 Å². The molecule has 0 bridgehead atoms. The van der Waals surface area contributed by atoms with Crippen molar-refractivity contribution in [3.05, 3.63) is 29.8 Å². The summed E-state index contributed by atoms with van der Waals surface area (Å²) in [4.78, 5) is 12.2. The lowest BCUT2D eigenvalue weighted by atomic mass is 10.1. The van der Waals surface area contributed by atoms with Gasteiger partial charge >= 0.3 is 0 Å². The Kier molecular flexibility index (Phi) is 7.00. The van der Waals surface area contributed by atoms with Gasteiger partial charge in [0.2, 0.25) is 5.91 Å². The van der Waals surface area contributed by atoms with Crippen molar-refractivity contribution in [3.63, 3.8) is 0 Å². The summed E-state index contributed by atoms with van der Waals surface area (Å²) in [6, 6.07) is 4.33. The molecular formula is C20H27FN4O3S. The summed E-state index contributed by atoms with van der Waals surface area (Å²) in [7, 11) is -3.52. The number of carbonyl (C=O) groups excluding carboxylic acids is 1. The number of benzene rings is 1. The van der Waals surface area contributed by atoms with Crippen LogP contribution < -0.4 is 5.32 Å².